The van der Waals surface area contributed by atoms with Crippen LogP contribution in [0.3, 0.4) is 0 Å². The molecule has 1 saturated heterocycles. The molecule has 1 N–H and O–H groups in total. The van der Waals surface area contributed by atoms with Crippen LogP contribution in [0.2, 0.25) is 10.0 Å². The summed E-state index contributed by atoms with van der Waals surface area (Å²) in [4.78, 5) is 42.4. The topological polar surface area (TPSA) is 69.7 Å². The van der Waals surface area contributed by atoms with Crippen LogP contribution in [0, 0.1) is 5.41 Å². The van der Waals surface area contributed by atoms with Crippen molar-refractivity contribution in [1.29, 1.82) is 0 Å². The van der Waals surface area contributed by atoms with Crippen LogP contribution in [0.5, 0.6) is 0 Å². The van der Waals surface area contributed by atoms with E-state index in [1.807, 2.05) is 26.8 Å². The zero-order chi connectivity index (χ0) is 23.2. The van der Waals surface area contributed by atoms with E-state index in [1.165, 1.54) is 0 Å². The standard InChI is InChI=1S/C24H25Cl2N3O3/c1-24(2,3)12-21(30)28-8-9-29-20(13-28)22(31)27-19-7-4-14(10-17(19)23(29)32)16-6-5-15(25)11-18(16)26/h4-7,10-11,20H,8-9,12-13H2,1-3H3,(H,27,31). The first-order valence-electron chi connectivity index (χ1n) is 10.5. The van der Waals surface area contributed by atoms with Crippen LogP contribution in [0.4, 0.5) is 5.69 Å². The molecule has 0 aromatic heterocycles. The minimum absolute atomic E-state index is 0.00109. The third kappa shape index (κ3) is 4.48. The first-order chi connectivity index (χ1) is 15.0. The van der Waals surface area contributed by atoms with Crippen molar-refractivity contribution in [1.82, 2.24) is 9.80 Å². The number of nitrogens with zero attached hydrogens (tertiary/aromatic N) is 2. The summed E-state index contributed by atoms with van der Waals surface area (Å²) in [6, 6.07) is 9.73. The van der Waals surface area contributed by atoms with Gasteiger partial charge >= 0.3 is 0 Å². The predicted molar refractivity (Wildman–Crippen MR) is 126 cm³/mol. The van der Waals surface area contributed by atoms with Gasteiger partial charge in [0.15, 0.2) is 0 Å². The molecule has 1 unspecified atom stereocenters. The zero-order valence-corrected chi connectivity index (χ0v) is 19.8. The number of carbonyl (C=O) groups excluding carboxylic acids is 3. The summed E-state index contributed by atoms with van der Waals surface area (Å²) < 4.78 is 0. The van der Waals surface area contributed by atoms with E-state index in [-0.39, 0.29) is 29.7 Å². The first kappa shape index (κ1) is 22.6. The fraction of sp³-hybridized carbons (Fsp3) is 0.375. The second-order valence-corrected chi connectivity index (χ2v) is 10.3. The van der Waals surface area contributed by atoms with E-state index in [1.54, 1.807) is 40.1 Å². The Hall–Kier alpha value is -2.57. The fourth-order valence-electron chi connectivity index (χ4n) is 4.13. The van der Waals surface area contributed by atoms with E-state index in [4.69, 9.17) is 23.2 Å². The summed E-state index contributed by atoms with van der Waals surface area (Å²) in [6.07, 6.45) is 0.390. The third-order valence-corrected chi connectivity index (χ3v) is 6.28. The van der Waals surface area contributed by atoms with E-state index in [0.29, 0.717) is 40.8 Å². The highest BCUT2D eigenvalue weighted by molar-refractivity contribution is 6.36. The molecular weight excluding hydrogens is 449 g/mol. The summed E-state index contributed by atoms with van der Waals surface area (Å²) in [5.74, 6) is -0.528. The van der Waals surface area contributed by atoms with Crippen molar-refractivity contribution in [2.24, 2.45) is 5.41 Å². The van der Waals surface area contributed by atoms with Gasteiger partial charge in [-0.05, 0) is 35.2 Å². The molecule has 168 valence electrons. The Balaban J connectivity index is 1.62. The molecule has 6 nitrogen and oxygen atoms in total. The van der Waals surface area contributed by atoms with Crippen molar-refractivity contribution in [3.05, 3.63) is 52.0 Å². The van der Waals surface area contributed by atoms with Crippen LogP contribution in [0.1, 0.15) is 37.6 Å². The van der Waals surface area contributed by atoms with Gasteiger partial charge in [0.1, 0.15) is 6.04 Å². The number of anilines is 1. The normalized spacial score (nSPS) is 18.6. The second kappa shape index (κ2) is 8.41. The number of piperazine rings is 1. The zero-order valence-electron chi connectivity index (χ0n) is 18.2. The molecular formula is C24H25Cl2N3O3. The number of halogens is 2. The van der Waals surface area contributed by atoms with E-state index >= 15 is 0 Å². The van der Waals surface area contributed by atoms with E-state index in [9.17, 15) is 14.4 Å². The molecule has 0 saturated carbocycles. The van der Waals surface area contributed by atoms with Crippen LogP contribution >= 0.6 is 23.2 Å². The molecule has 8 heteroatoms. The van der Waals surface area contributed by atoms with Crippen LogP contribution in [-0.2, 0) is 9.59 Å². The monoisotopic (exact) mass is 473 g/mol. The minimum atomic E-state index is -0.727. The Labute approximate surface area is 197 Å². The quantitative estimate of drug-likeness (QED) is 0.686. The van der Waals surface area contributed by atoms with E-state index in [2.05, 4.69) is 5.32 Å². The molecule has 2 aliphatic rings. The Morgan fingerprint density at radius 3 is 2.50 bits per heavy atom. The van der Waals surface area contributed by atoms with Crippen LogP contribution in [-0.4, -0.2) is 53.2 Å². The van der Waals surface area contributed by atoms with Crippen molar-refractivity contribution in [2.75, 3.05) is 25.0 Å². The van der Waals surface area contributed by atoms with Gasteiger partial charge in [-0.3, -0.25) is 14.4 Å². The predicted octanol–water partition coefficient (Wildman–Crippen LogP) is 4.70. The number of hydrogen-bond donors (Lipinski definition) is 1. The molecule has 2 aliphatic heterocycles. The third-order valence-electron chi connectivity index (χ3n) is 5.73. The summed E-state index contributed by atoms with van der Waals surface area (Å²) in [6.45, 7) is 6.91. The average molecular weight is 474 g/mol. The molecule has 32 heavy (non-hydrogen) atoms. The van der Waals surface area contributed by atoms with Crippen molar-refractivity contribution in [3.8, 4) is 11.1 Å². The molecule has 2 aromatic rings. The molecule has 1 atom stereocenters. The van der Waals surface area contributed by atoms with Gasteiger partial charge in [0.05, 0.1) is 17.8 Å². The maximum atomic E-state index is 13.4. The van der Waals surface area contributed by atoms with Gasteiger partial charge in [-0.2, -0.15) is 0 Å². The van der Waals surface area contributed by atoms with Gasteiger partial charge < -0.3 is 15.1 Å². The van der Waals surface area contributed by atoms with Crippen molar-refractivity contribution < 1.29 is 14.4 Å². The number of carbonyl (C=O) groups is 3. The Morgan fingerprint density at radius 1 is 1.06 bits per heavy atom. The molecule has 2 heterocycles. The average Bonchev–Trinajstić information content (AvgIpc) is 2.81. The van der Waals surface area contributed by atoms with Crippen molar-refractivity contribution >= 4 is 46.6 Å². The number of hydrogen-bond acceptors (Lipinski definition) is 3. The van der Waals surface area contributed by atoms with E-state index < -0.39 is 6.04 Å². The SMILES string of the molecule is CC(C)(C)CC(=O)N1CCN2C(=O)c3cc(-c4ccc(Cl)cc4Cl)ccc3NC(=O)C2C1. The Morgan fingerprint density at radius 2 is 1.81 bits per heavy atom. The fourth-order valence-corrected chi connectivity index (χ4v) is 4.65. The molecule has 2 aromatic carbocycles. The Bertz CT molecular complexity index is 1110. The van der Waals surface area contributed by atoms with Crippen LogP contribution in [0.15, 0.2) is 36.4 Å². The van der Waals surface area contributed by atoms with Gasteiger partial charge in [0, 0.05) is 35.1 Å². The molecule has 0 aliphatic carbocycles. The highest BCUT2D eigenvalue weighted by Gasteiger charge is 2.40. The van der Waals surface area contributed by atoms with Gasteiger partial charge in [0.2, 0.25) is 11.8 Å². The summed E-state index contributed by atoms with van der Waals surface area (Å²) in [5.41, 5.74) is 2.21. The van der Waals surface area contributed by atoms with Crippen molar-refractivity contribution in [2.45, 2.75) is 33.2 Å². The lowest BCUT2D eigenvalue weighted by atomic mass is 9.91. The van der Waals surface area contributed by atoms with Crippen molar-refractivity contribution in [3.63, 3.8) is 0 Å². The molecule has 3 amide bonds. The number of benzene rings is 2. The van der Waals surface area contributed by atoms with E-state index in [0.717, 1.165) is 11.1 Å². The number of amides is 3. The molecule has 1 fully saturated rings. The van der Waals surface area contributed by atoms with Gasteiger partial charge in [-0.1, -0.05) is 56.1 Å². The molecule has 0 spiro atoms. The summed E-state index contributed by atoms with van der Waals surface area (Å²) in [7, 11) is 0. The maximum absolute atomic E-state index is 13.4. The minimum Gasteiger partial charge on any atom is -0.338 e. The second-order valence-electron chi connectivity index (χ2n) is 9.47. The molecule has 4 rings (SSSR count). The van der Waals surface area contributed by atoms with Crippen LogP contribution < -0.4 is 5.32 Å². The van der Waals surface area contributed by atoms with Gasteiger partial charge in [-0.25, -0.2) is 0 Å². The largest absolute Gasteiger partial charge is 0.338 e. The van der Waals surface area contributed by atoms with Crippen LogP contribution in [0.25, 0.3) is 11.1 Å². The summed E-state index contributed by atoms with van der Waals surface area (Å²) in [5, 5.41) is 3.87. The number of nitrogens with one attached hydrogen (secondary N) is 1. The Kier molecular flexibility index (Phi) is 5.94. The summed E-state index contributed by atoms with van der Waals surface area (Å²) >= 11 is 12.4. The first-order valence-corrected chi connectivity index (χ1v) is 11.3. The van der Waals surface area contributed by atoms with Gasteiger partial charge in [0.25, 0.3) is 5.91 Å². The molecule has 0 radical (unpaired) electrons. The number of fused-ring (bicyclic) bond motifs is 2. The maximum Gasteiger partial charge on any atom is 0.256 e. The number of rotatable bonds is 2. The smallest absolute Gasteiger partial charge is 0.256 e. The lowest BCUT2D eigenvalue weighted by Crippen LogP contribution is -2.59. The molecule has 0 bridgehead atoms. The lowest BCUT2D eigenvalue weighted by molar-refractivity contribution is -0.137. The highest BCUT2D eigenvalue weighted by Crippen LogP contribution is 2.34. The van der Waals surface area contributed by atoms with Gasteiger partial charge in [-0.15, -0.1) is 0 Å². The highest BCUT2D eigenvalue weighted by atomic mass is 35.5. The lowest BCUT2D eigenvalue weighted by Gasteiger charge is -2.40.